The lowest BCUT2D eigenvalue weighted by molar-refractivity contribution is -0.185. The van der Waals surface area contributed by atoms with Crippen LogP contribution >= 0.6 is 0 Å². The van der Waals surface area contributed by atoms with E-state index in [1.165, 1.54) is 18.1 Å². The molecule has 0 aromatic heterocycles. The fourth-order valence-electron chi connectivity index (χ4n) is 9.39. The molecule has 46 heavy (non-hydrogen) atoms. The number of carbonyl (C=O) groups is 5. The average Bonchev–Trinajstić information content (AvgIpc) is 3.30. The molecule has 244 valence electrons. The van der Waals surface area contributed by atoms with E-state index >= 15 is 0 Å². The van der Waals surface area contributed by atoms with Gasteiger partial charge in [0.2, 0.25) is 11.6 Å². The topological polar surface area (TPSA) is 115 Å². The van der Waals surface area contributed by atoms with Crippen LogP contribution in [-0.2, 0) is 23.9 Å². The predicted octanol–water partition coefficient (Wildman–Crippen LogP) is 7.65. The van der Waals surface area contributed by atoms with Crippen molar-refractivity contribution in [2.24, 2.45) is 28.6 Å². The third-order valence-corrected chi connectivity index (χ3v) is 11.7. The first kappa shape index (κ1) is 33.5. The predicted molar refractivity (Wildman–Crippen MR) is 176 cm³/mol. The minimum Gasteiger partial charge on any atom is -0.507 e. The summed E-state index contributed by atoms with van der Waals surface area (Å²) in [6.45, 7) is 13.4. The minimum absolute atomic E-state index is 0.0160. The molecule has 0 aliphatic heterocycles. The van der Waals surface area contributed by atoms with Crippen molar-refractivity contribution in [3.63, 3.8) is 0 Å². The number of hydrogen-bond acceptors (Lipinski definition) is 7. The molecule has 7 nitrogen and oxygen atoms in total. The Bertz CT molecular complexity index is 1650. The van der Waals surface area contributed by atoms with Gasteiger partial charge in [0, 0.05) is 35.5 Å². The smallest absolute Gasteiger partial charge is 0.303 e. The zero-order chi connectivity index (χ0) is 33.8. The summed E-state index contributed by atoms with van der Waals surface area (Å²) in [5, 5.41) is 10.1. The van der Waals surface area contributed by atoms with Gasteiger partial charge in [-0.1, -0.05) is 61.4 Å². The number of Topliss-reactive ketones (excluding diaryl/α,β-unsaturated/α-hetero) is 3. The Morgan fingerprint density at radius 2 is 1.59 bits per heavy atom. The fourth-order valence-corrected chi connectivity index (χ4v) is 9.39. The highest BCUT2D eigenvalue weighted by Crippen LogP contribution is 2.67. The summed E-state index contributed by atoms with van der Waals surface area (Å²) in [6.07, 6.45) is 11.3. The second kappa shape index (κ2) is 12.1. The van der Waals surface area contributed by atoms with E-state index in [0.717, 1.165) is 31.3 Å². The van der Waals surface area contributed by atoms with Crippen molar-refractivity contribution < 1.29 is 33.8 Å². The van der Waals surface area contributed by atoms with Gasteiger partial charge in [0.25, 0.3) is 0 Å². The summed E-state index contributed by atoms with van der Waals surface area (Å²) < 4.78 is 5.82. The van der Waals surface area contributed by atoms with E-state index in [-0.39, 0.29) is 51.7 Å². The zero-order valence-corrected chi connectivity index (χ0v) is 28.1. The van der Waals surface area contributed by atoms with E-state index in [1.54, 1.807) is 31.2 Å². The van der Waals surface area contributed by atoms with Crippen molar-refractivity contribution in [3.8, 4) is 0 Å². The van der Waals surface area contributed by atoms with Gasteiger partial charge in [0.05, 0.1) is 0 Å². The normalized spacial score (nSPS) is 32.8. The van der Waals surface area contributed by atoms with Crippen molar-refractivity contribution in [2.75, 3.05) is 0 Å². The lowest BCUT2D eigenvalue weighted by atomic mass is 9.47. The van der Waals surface area contributed by atoms with Crippen LogP contribution in [0.5, 0.6) is 0 Å². The van der Waals surface area contributed by atoms with Crippen LogP contribution in [0.4, 0.5) is 0 Å². The van der Waals surface area contributed by atoms with Gasteiger partial charge >= 0.3 is 5.97 Å². The summed E-state index contributed by atoms with van der Waals surface area (Å²) in [5.41, 5.74) is 3.09. The molecular formula is C39H46O7. The zero-order valence-electron chi connectivity index (χ0n) is 28.1. The summed E-state index contributed by atoms with van der Waals surface area (Å²) >= 11 is 0. The molecular weight excluding hydrogens is 580 g/mol. The van der Waals surface area contributed by atoms with Gasteiger partial charge < -0.3 is 9.84 Å². The molecule has 1 aromatic rings. The molecule has 0 amide bonds. The number of rotatable bonds is 4. The molecule has 0 spiro atoms. The molecule has 0 heterocycles. The Kier molecular flexibility index (Phi) is 8.78. The van der Waals surface area contributed by atoms with E-state index in [1.807, 2.05) is 26.0 Å². The van der Waals surface area contributed by atoms with Gasteiger partial charge in [-0.2, -0.15) is 0 Å². The summed E-state index contributed by atoms with van der Waals surface area (Å²) in [5.74, 6) is -0.196. The highest BCUT2D eigenvalue weighted by molar-refractivity contribution is 6.52. The molecule has 0 bridgehead atoms. The van der Waals surface area contributed by atoms with Gasteiger partial charge in [-0.25, -0.2) is 0 Å². The van der Waals surface area contributed by atoms with Crippen LogP contribution in [0.15, 0.2) is 64.8 Å². The second-order valence-corrected chi connectivity index (χ2v) is 14.6. The van der Waals surface area contributed by atoms with Crippen molar-refractivity contribution in [2.45, 2.75) is 99.0 Å². The maximum atomic E-state index is 12.8. The fraction of sp³-hybridized carbons (Fsp3) is 0.513. The van der Waals surface area contributed by atoms with Gasteiger partial charge in [-0.3, -0.25) is 24.0 Å². The summed E-state index contributed by atoms with van der Waals surface area (Å²) in [6, 6.07) is 6.62. The third-order valence-electron chi connectivity index (χ3n) is 11.7. The Hall–Kier alpha value is -3.87. The molecule has 6 atom stereocenters. The summed E-state index contributed by atoms with van der Waals surface area (Å²) in [7, 11) is 0. The van der Waals surface area contributed by atoms with E-state index in [2.05, 4.69) is 26.8 Å². The highest BCUT2D eigenvalue weighted by atomic mass is 16.6. The van der Waals surface area contributed by atoms with Crippen molar-refractivity contribution >= 4 is 34.9 Å². The van der Waals surface area contributed by atoms with Crippen LogP contribution in [0.2, 0.25) is 0 Å². The molecule has 0 radical (unpaired) electrons. The molecule has 2 saturated carbocycles. The number of ketones is 4. The van der Waals surface area contributed by atoms with Crippen molar-refractivity contribution in [1.82, 2.24) is 0 Å². The second-order valence-electron chi connectivity index (χ2n) is 14.6. The highest BCUT2D eigenvalue weighted by Gasteiger charge is 2.67. The van der Waals surface area contributed by atoms with E-state index in [9.17, 15) is 29.1 Å². The van der Waals surface area contributed by atoms with Gasteiger partial charge in [0.1, 0.15) is 5.76 Å². The Labute approximate surface area is 271 Å². The summed E-state index contributed by atoms with van der Waals surface area (Å²) in [4.78, 5) is 60.6. The molecule has 7 heteroatoms. The average molecular weight is 627 g/mol. The first-order valence-corrected chi connectivity index (χ1v) is 16.5. The molecule has 6 rings (SSSR count). The number of hydrogen-bond donors (Lipinski definition) is 1. The molecule has 0 saturated heterocycles. The van der Waals surface area contributed by atoms with Crippen LogP contribution in [0.25, 0.3) is 5.76 Å². The number of carbonyl (C=O) groups excluding carboxylic acids is 5. The van der Waals surface area contributed by atoms with E-state index in [4.69, 9.17) is 4.74 Å². The van der Waals surface area contributed by atoms with Crippen LogP contribution in [-0.4, -0.2) is 39.8 Å². The number of allylic oxidation sites excluding steroid dienone is 7. The van der Waals surface area contributed by atoms with Crippen molar-refractivity contribution in [3.05, 3.63) is 75.9 Å². The molecule has 2 fully saturated rings. The maximum Gasteiger partial charge on any atom is 0.303 e. The van der Waals surface area contributed by atoms with Crippen LogP contribution in [0.3, 0.4) is 0 Å². The van der Waals surface area contributed by atoms with Crippen LogP contribution in [0, 0.1) is 28.6 Å². The van der Waals surface area contributed by atoms with E-state index < -0.39 is 17.2 Å². The largest absolute Gasteiger partial charge is 0.507 e. The van der Waals surface area contributed by atoms with Crippen molar-refractivity contribution in [1.29, 1.82) is 0 Å². The van der Waals surface area contributed by atoms with Crippen LogP contribution < -0.4 is 0 Å². The van der Waals surface area contributed by atoms with Gasteiger partial charge in [-0.15, -0.1) is 0 Å². The molecule has 6 unspecified atom stereocenters. The molecule has 1 aromatic carbocycles. The number of esters is 1. The monoisotopic (exact) mass is 626 g/mol. The SMILES string of the molecule is CC(=O)OC1(C(C)=O)CCC2C3C=C(C)C4=CC(=O)CCC4(C)C3CCC21C.CC(C)=CCC1=C(O)c2ccccc2C(=O)C1=O. The quantitative estimate of drug-likeness (QED) is 0.207. The first-order valence-electron chi connectivity index (χ1n) is 16.5. The van der Waals surface area contributed by atoms with Gasteiger partial charge in [-0.05, 0) is 101 Å². The van der Waals surface area contributed by atoms with E-state index in [0.29, 0.717) is 36.2 Å². The lowest BCUT2D eigenvalue weighted by Crippen LogP contribution is -2.58. The Balaban J connectivity index is 0.000000200. The number of aliphatic hydroxyl groups excluding tert-OH is 1. The Morgan fingerprint density at radius 3 is 2.22 bits per heavy atom. The van der Waals surface area contributed by atoms with Gasteiger partial charge in [0.15, 0.2) is 17.2 Å². The lowest BCUT2D eigenvalue weighted by Gasteiger charge is -2.58. The molecule has 5 aliphatic carbocycles. The number of aliphatic hydroxyl groups is 1. The molecule has 5 aliphatic rings. The molecule has 1 N–H and O–H groups in total. The standard InChI is InChI=1S/C24H32O4.C15H14O3/c1-14-12-18-19(22(4)9-6-17(27)13-21(14)22)7-10-23(5)20(18)8-11-24(23,15(2)25)28-16(3)26;1-9(2)7-8-12-13(16)10-5-3-4-6-11(10)14(17)15(12)18/h12-13,18-20H,6-11H2,1-5H3;3-7,16H,8H2,1-2H3. The van der Waals surface area contributed by atoms with Crippen LogP contribution in [0.1, 0.15) is 109 Å². The third kappa shape index (κ3) is 5.26. The maximum absolute atomic E-state index is 12.8. The number of ether oxygens (including phenoxy) is 1. The number of fused-ring (bicyclic) bond motifs is 6. The number of benzene rings is 1. The first-order chi connectivity index (χ1) is 21.6. The Morgan fingerprint density at radius 1 is 0.935 bits per heavy atom. The minimum atomic E-state index is -0.990.